The lowest BCUT2D eigenvalue weighted by Crippen LogP contribution is -2.17. The van der Waals surface area contributed by atoms with Crippen molar-refractivity contribution in [2.24, 2.45) is 0 Å². The van der Waals surface area contributed by atoms with Crippen molar-refractivity contribution in [3.05, 3.63) is 52.8 Å². The number of aromatic nitrogens is 2. The van der Waals surface area contributed by atoms with Gasteiger partial charge >= 0.3 is 0 Å². The SMILES string of the molecule is Cc1ccccc1Cn1ncc(CNC2CC2)c1C(F)F. The molecule has 5 heteroatoms. The first-order chi connectivity index (χ1) is 10.1. The van der Waals surface area contributed by atoms with E-state index in [1.54, 1.807) is 6.20 Å². The van der Waals surface area contributed by atoms with E-state index in [1.807, 2.05) is 31.2 Å². The summed E-state index contributed by atoms with van der Waals surface area (Å²) in [6, 6.07) is 8.30. The van der Waals surface area contributed by atoms with Gasteiger partial charge in [0.1, 0.15) is 5.69 Å². The fourth-order valence-electron chi connectivity index (χ4n) is 2.44. The Morgan fingerprint density at radius 1 is 1.29 bits per heavy atom. The molecule has 1 aliphatic carbocycles. The van der Waals surface area contributed by atoms with Gasteiger partial charge in [-0.25, -0.2) is 8.78 Å². The van der Waals surface area contributed by atoms with Crippen LogP contribution in [-0.4, -0.2) is 15.8 Å². The first-order valence-electron chi connectivity index (χ1n) is 7.26. The first-order valence-corrected chi connectivity index (χ1v) is 7.26. The summed E-state index contributed by atoms with van der Waals surface area (Å²) in [5.41, 5.74) is 2.74. The van der Waals surface area contributed by atoms with Gasteiger partial charge in [-0.2, -0.15) is 5.10 Å². The van der Waals surface area contributed by atoms with E-state index in [9.17, 15) is 8.78 Å². The van der Waals surface area contributed by atoms with Gasteiger partial charge in [-0.3, -0.25) is 4.68 Å². The second-order valence-electron chi connectivity index (χ2n) is 5.60. The van der Waals surface area contributed by atoms with Crippen LogP contribution in [0.15, 0.2) is 30.5 Å². The number of rotatable bonds is 6. The number of alkyl halides is 2. The Balaban J connectivity index is 1.82. The van der Waals surface area contributed by atoms with E-state index in [0.717, 1.165) is 24.0 Å². The summed E-state index contributed by atoms with van der Waals surface area (Å²) < 4.78 is 28.2. The van der Waals surface area contributed by atoms with Crippen LogP contribution in [0.3, 0.4) is 0 Å². The van der Waals surface area contributed by atoms with Gasteiger partial charge < -0.3 is 5.32 Å². The molecule has 3 rings (SSSR count). The predicted octanol–water partition coefficient (Wildman–Crippen LogP) is 3.43. The minimum absolute atomic E-state index is 0.0337. The standard InChI is InChI=1S/C16H19F2N3/c1-11-4-2-3-5-12(11)10-21-15(16(17)18)13(9-20-21)8-19-14-6-7-14/h2-5,9,14,16,19H,6-8,10H2,1H3. The van der Waals surface area contributed by atoms with E-state index in [-0.39, 0.29) is 5.69 Å². The summed E-state index contributed by atoms with van der Waals surface area (Å²) in [4.78, 5) is 0. The molecule has 1 N–H and O–H groups in total. The molecule has 1 saturated carbocycles. The van der Waals surface area contributed by atoms with Gasteiger partial charge in [-0.05, 0) is 30.9 Å². The topological polar surface area (TPSA) is 29.9 Å². The molecule has 0 bridgehead atoms. The molecule has 0 atom stereocenters. The average molecular weight is 291 g/mol. The lowest BCUT2D eigenvalue weighted by atomic mass is 10.1. The van der Waals surface area contributed by atoms with E-state index in [0.29, 0.717) is 24.7 Å². The highest BCUT2D eigenvalue weighted by Gasteiger charge is 2.24. The minimum Gasteiger partial charge on any atom is -0.310 e. The summed E-state index contributed by atoms with van der Waals surface area (Å²) in [7, 11) is 0. The Kier molecular flexibility index (Phi) is 4.01. The highest BCUT2D eigenvalue weighted by Crippen LogP contribution is 2.26. The zero-order chi connectivity index (χ0) is 14.8. The molecule has 0 saturated heterocycles. The molecule has 1 fully saturated rings. The number of halogens is 2. The first kappa shape index (κ1) is 14.2. The molecule has 21 heavy (non-hydrogen) atoms. The molecule has 2 aromatic rings. The maximum Gasteiger partial charge on any atom is 0.280 e. The van der Waals surface area contributed by atoms with Crippen molar-refractivity contribution < 1.29 is 8.78 Å². The second-order valence-corrected chi connectivity index (χ2v) is 5.60. The molecular weight excluding hydrogens is 272 g/mol. The quantitative estimate of drug-likeness (QED) is 0.883. The van der Waals surface area contributed by atoms with Gasteiger partial charge in [0, 0.05) is 18.2 Å². The fraction of sp³-hybridized carbons (Fsp3) is 0.438. The molecule has 1 aliphatic rings. The van der Waals surface area contributed by atoms with E-state index in [1.165, 1.54) is 4.68 Å². The van der Waals surface area contributed by atoms with Gasteiger partial charge in [0.25, 0.3) is 6.43 Å². The van der Waals surface area contributed by atoms with Crippen LogP contribution in [0.25, 0.3) is 0 Å². The van der Waals surface area contributed by atoms with Crippen LogP contribution >= 0.6 is 0 Å². The maximum atomic E-state index is 13.4. The van der Waals surface area contributed by atoms with Crippen LogP contribution < -0.4 is 5.32 Å². The smallest absolute Gasteiger partial charge is 0.280 e. The van der Waals surface area contributed by atoms with Crippen molar-refractivity contribution in [2.75, 3.05) is 0 Å². The largest absolute Gasteiger partial charge is 0.310 e. The van der Waals surface area contributed by atoms with Crippen molar-refractivity contribution in [1.29, 1.82) is 0 Å². The molecule has 0 amide bonds. The van der Waals surface area contributed by atoms with E-state index in [4.69, 9.17) is 0 Å². The minimum atomic E-state index is -2.51. The van der Waals surface area contributed by atoms with E-state index in [2.05, 4.69) is 10.4 Å². The van der Waals surface area contributed by atoms with Gasteiger partial charge in [0.15, 0.2) is 0 Å². The Hall–Kier alpha value is -1.75. The van der Waals surface area contributed by atoms with E-state index >= 15 is 0 Å². The number of nitrogens with one attached hydrogen (secondary N) is 1. The number of aryl methyl sites for hydroxylation is 1. The predicted molar refractivity (Wildman–Crippen MR) is 77.3 cm³/mol. The van der Waals surface area contributed by atoms with Crippen molar-refractivity contribution in [2.45, 2.75) is 45.3 Å². The monoisotopic (exact) mass is 291 g/mol. The third kappa shape index (κ3) is 3.29. The Labute approximate surface area is 123 Å². The summed E-state index contributed by atoms with van der Waals surface area (Å²) in [6.07, 6.45) is 1.34. The fourth-order valence-corrected chi connectivity index (χ4v) is 2.44. The molecule has 112 valence electrons. The van der Waals surface area contributed by atoms with Crippen LogP contribution in [0.4, 0.5) is 8.78 Å². The molecule has 0 spiro atoms. The summed E-state index contributed by atoms with van der Waals surface area (Å²) in [5.74, 6) is 0. The number of hydrogen-bond donors (Lipinski definition) is 1. The molecular formula is C16H19F2N3. The third-order valence-electron chi connectivity index (χ3n) is 3.91. The third-order valence-corrected chi connectivity index (χ3v) is 3.91. The molecule has 0 unspecified atom stereocenters. The normalized spacial score (nSPS) is 14.9. The molecule has 0 aliphatic heterocycles. The highest BCUT2D eigenvalue weighted by molar-refractivity contribution is 5.27. The van der Waals surface area contributed by atoms with E-state index < -0.39 is 6.43 Å². The molecule has 1 aromatic carbocycles. The lowest BCUT2D eigenvalue weighted by molar-refractivity contribution is 0.138. The molecule has 1 heterocycles. The Morgan fingerprint density at radius 3 is 2.71 bits per heavy atom. The summed E-state index contributed by atoms with van der Waals surface area (Å²) in [5, 5.41) is 7.44. The van der Waals surface area contributed by atoms with Crippen LogP contribution in [0.5, 0.6) is 0 Å². The van der Waals surface area contributed by atoms with Crippen LogP contribution in [-0.2, 0) is 13.1 Å². The Bertz CT molecular complexity index is 618. The van der Waals surface area contributed by atoms with Crippen LogP contribution in [0.1, 0.15) is 41.7 Å². The van der Waals surface area contributed by atoms with Crippen LogP contribution in [0.2, 0.25) is 0 Å². The maximum absolute atomic E-state index is 13.4. The van der Waals surface area contributed by atoms with Gasteiger partial charge in [-0.1, -0.05) is 24.3 Å². The van der Waals surface area contributed by atoms with Gasteiger partial charge in [0.2, 0.25) is 0 Å². The summed E-state index contributed by atoms with van der Waals surface area (Å²) in [6.45, 7) is 2.84. The van der Waals surface area contributed by atoms with Crippen LogP contribution in [0, 0.1) is 6.92 Å². The summed E-state index contributed by atoms with van der Waals surface area (Å²) >= 11 is 0. The van der Waals surface area contributed by atoms with Crippen molar-refractivity contribution in [3.8, 4) is 0 Å². The zero-order valence-electron chi connectivity index (χ0n) is 12.0. The van der Waals surface area contributed by atoms with Crippen molar-refractivity contribution in [1.82, 2.24) is 15.1 Å². The number of nitrogens with zero attached hydrogens (tertiary/aromatic N) is 2. The lowest BCUT2D eigenvalue weighted by Gasteiger charge is -2.11. The zero-order valence-corrected chi connectivity index (χ0v) is 12.0. The molecule has 0 radical (unpaired) electrons. The van der Waals surface area contributed by atoms with Gasteiger partial charge in [-0.15, -0.1) is 0 Å². The molecule has 3 nitrogen and oxygen atoms in total. The van der Waals surface area contributed by atoms with Gasteiger partial charge in [0.05, 0.1) is 12.7 Å². The Morgan fingerprint density at radius 2 is 2.05 bits per heavy atom. The number of hydrogen-bond acceptors (Lipinski definition) is 2. The highest BCUT2D eigenvalue weighted by atomic mass is 19.3. The molecule has 1 aromatic heterocycles. The van der Waals surface area contributed by atoms with Crippen molar-refractivity contribution in [3.63, 3.8) is 0 Å². The van der Waals surface area contributed by atoms with Crippen molar-refractivity contribution >= 4 is 0 Å². The number of benzene rings is 1. The second kappa shape index (κ2) is 5.93. The average Bonchev–Trinajstić information content (AvgIpc) is 3.19.